The average molecular weight is 798 g/mol. The van der Waals surface area contributed by atoms with Gasteiger partial charge in [0.15, 0.2) is 5.82 Å². The number of aromatic nitrogens is 3. The van der Waals surface area contributed by atoms with E-state index in [1.165, 1.54) is 70.7 Å². The third-order valence-electron chi connectivity index (χ3n) is 13.0. The van der Waals surface area contributed by atoms with E-state index in [1.807, 2.05) is 12.1 Å². The lowest BCUT2D eigenvalue weighted by Crippen LogP contribution is -2.04. The average Bonchev–Trinajstić information content (AvgIpc) is 3.90. The number of fused-ring (bicyclic) bond motifs is 6. The van der Waals surface area contributed by atoms with E-state index < -0.39 is 0 Å². The van der Waals surface area contributed by atoms with Gasteiger partial charge in [-0.3, -0.25) is 0 Å². The van der Waals surface area contributed by atoms with Crippen LogP contribution in [0.2, 0.25) is 0 Å². The minimum absolute atomic E-state index is 0.687. The molecule has 296 valence electrons. The summed E-state index contributed by atoms with van der Waals surface area (Å²) in [5.41, 5.74) is 16.2. The summed E-state index contributed by atoms with van der Waals surface area (Å²) in [6.07, 6.45) is 6.68. The highest BCUT2D eigenvalue weighted by atomic mass is 16.3. The van der Waals surface area contributed by atoms with Crippen molar-refractivity contribution in [1.82, 2.24) is 14.5 Å². The third kappa shape index (κ3) is 6.38. The zero-order valence-corrected chi connectivity index (χ0v) is 34.3. The Labute approximate surface area is 360 Å². The first-order valence-electron chi connectivity index (χ1n) is 21.9. The minimum Gasteiger partial charge on any atom is -0.456 e. The van der Waals surface area contributed by atoms with Crippen molar-refractivity contribution in [2.24, 2.45) is 0 Å². The topological polar surface area (TPSA) is 43.9 Å². The van der Waals surface area contributed by atoms with Crippen LogP contribution in [-0.2, 0) is 0 Å². The SMILES string of the molecule is c1ccc(-c2cc(-c3ccccc3)nc(-c3cccc(-c4cccc5oc6ccc(-c7ccc8c(c7)c7ccccc7n8-c7ccc(C8CCCCC8)cc7)cc6c45)c3)n2)cc1. The van der Waals surface area contributed by atoms with Crippen LogP contribution in [0.3, 0.4) is 0 Å². The lowest BCUT2D eigenvalue weighted by Gasteiger charge is -2.22. The van der Waals surface area contributed by atoms with Crippen LogP contribution in [0.25, 0.3) is 106 Å². The molecule has 4 heteroatoms. The maximum Gasteiger partial charge on any atom is 0.160 e. The fourth-order valence-corrected chi connectivity index (χ4v) is 9.92. The minimum atomic E-state index is 0.687. The number of rotatable bonds is 7. The molecule has 0 saturated heterocycles. The molecule has 0 aliphatic heterocycles. The van der Waals surface area contributed by atoms with Crippen molar-refractivity contribution < 1.29 is 4.42 Å². The van der Waals surface area contributed by atoms with E-state index in [9.17, 15) is 0 Å². The Morgan fingerprint density at radius 1 is 0.419 bits per heavy atom. The molecule has 62 heavy (non-hydrogen) atoms. The molecule has 0 atom stereocenters. The van der Waals surface area contributed by atoms with E-state index in [1.54, 1.807) is 0 Å². The van der Waals surface area contributed by atoms with E-state index in [0.29, 0.717) is 11.7 Å². The third-order valence-corrected chi connectivity index (χ3v) is 13.0. The van der Waals surface area contributed by atoms with Crippen LogP contribution < -0.4 is 0 Å². The highest BCUT2D eigenvalue weighted by molar-refractivity contribution is 6.14. The molecule has 1 aliphatic rings. The summed E-state index contributed by atoms with van der Waals surface area (Å²) in [7, 11) is 0. The summed E-state index contributed by atoms with van der Waals surface area (Å²) in [5.74, 6) is 1.38. The highest BCUT2D eigenvalue weighted by Gasteiger charge is 2.19. The van der Waals surface area contributed by atoms with Gasteiger partial charge in [0, 0.05) is 43.9 Å². The summed E-state index contributed by atoms with van der Waals surface area (Å²) in [6, 6.07) is 69.5. The molecular formula is C58H43N3O. The van der Waals surface area contributed by atoms with Gasteiger partial charge in [0.2, 0.25) is 0 Å². The van der Waals surface area contributed by atoms with E-state index in [-0.39, 0.29) is 0 Å². The fraction of sp³-hybridized carbons (Fsp3) is 0.103. The van der Waals surface area contributed by atoms with Crippen LogP contribution in [-0.4, -0.2) is 14.5 Å². The van der Waals surface area contributed by atoms with Crippen LogP contribution in [0.4, 0.5) is 0 Å². The first-order valence-corrected chi connectivity index (χ1v) is 21.9. The molecule has 1 aliphatic carbocycles. The van der Waals surface area contributed by atoms with Gasteiger partial charge in [-0.05, 0) is 107 Å². The van der Waals surface area contributed by atoms with Crippen molar-refractivity contribution in [3.63, 3.8) is 0 Å². The van der Waals surface area contributed by atoms with Crippen LogP contribution in [0.15, 0.2) is 199 Å². The molecule has 8 aromatic carbocycles. The molecule has 0 bridgehead atoms. The second-order valence-electron chi connectivity index (χ2n) is 16.8. The summed E-state index contributed by atoms with van der Waals surface area (Å²) in [6.45, 7) is 0. The number of nitrogens with zero attached hydrogens (tertiary/aromatic N) is 3. The highest BCUT2D eigenvalue weighted by Crippen LogP contribution is 2.41. The number of benzene rings is 8. The molecule has 0 radical (unpaired) electrons. The van der Waals surface area contributed by atoms with E-state index in [0.717, 1.165) is 66.7 Å². The van der Waals surface area contributed by atoms with Crippen molar-refractivity contribution in [2.45, 2.75) is 38.0 Å². The van der Waals surface area contributed by atoms with Gasteiger partial charge in [-0.2, -0.15) is 0 Å². The molecular weight excluding hydrogens is 755 g/mol. The Balaban J connectivity index is 0.944. The number of para-hydroxylation sites is 1. The maximum absolute atomic E-state index is 6.55. The van der Waals surface area contributed by atoms with Crippen LogP contribution >= 0.6 is 0 Å². The predicted octanol–water partition coefficient (Wildman–Crippen LogP) is 15.9. The quantitative estimate of drug-likeness (QED) is 0.161. The summed E-state index contributed by atoms with van der Waals surface area (Å²) < 4.78 is 8.98. The fourth-order valence-electron chi connectivity index (χ4n) is 9.92. The first-order chi connectivity index (χ1) is 30.7. The molecule has 1 fully saturated rings. The Morgan fingerprint density at radius 3 is 1.81 bits per heavy atom. The second kappa shape index (κ2) is 15.2. The number of furan rings is 1. The van der Waals surface area contributed by atoms with Crippen molar-refractivity contribution in [3.8, 4) is 61.8 Å². The molecule has 11 aromatic rings. The number of hydrogen-bond donors (Lipinski definition) is 0. The molecule has 1 saturated carbocycles. The Hall–Kier alpha value is -7.56. The van der Waals surface area contributed by atoms with Gasteiger partial charge in [-0.15, -0.1) is 0 Å². The molecule has 3 aromatic heterocycles. The van der Waals surface area contributed by atoms with E-state index in [4.69, 9.17) is 14.4 Å². The van der Waals surface area contributed by atoms with E-state index >= 15 is 0 Å². The van der Waals surface area contributed by atoms with Gasteiger partial charge in [-0.1, -0.05) is 153 Å². The maximum atomic E-state index is 6.55. The molecule has 3 heterocycles. The molecule has 0 spiro atoms. The van der Waals surface area contributed by atoms with Gasteiger partial charge < -0.3 is 8.98 Å². The Kier molecular flexibility index (Phi) is 8.88. The van der Waals surface area contributed by atoms with Crippen molar-refractivity contribution in [3.05, 3.63) is 200 Å². The zero-order chi connectivity index (χ0) is 41.0. The van der Waals surface area contributed by atoms with Crippen molar-refractivity contribution in [1.29, 1.82) is 0 Å². The molecule has 4 nitrogen and oxygen atoms in total. The molecule has 0 amide bonds. The van der Waals surface area contributed by atoms with Crippen LogP contribution in [0, 0.1) is 0 Å². The van der Waals surface area contributed by atoms with Crippen molar-refractivity contribution >= 4 is 43.7 Å². The Bertz CT molecular complexity index is 3370. The summed E-state index contributed by atoms with van der Waals surface area (Å²) in [5, 5.41) is 4.69. The molecule has 12 rings (SSSR count). The van der Waals surface area contributed by atoms with Crippen molar-refractivity contribution in [2.75, 3.05) is 0 Å². The van der Waals surface area contributed by atoms with Crippen LogP contribution in [0.5, 0.6) is 0 Å². The summed E-state index contributed by atoms with van der Waals surface area (Å²) in [4.78, 5) is 10.3. The van der Waals surface area contributed by atoms with Gasteiger partial charge in [0.05, 0.1) is 22.4 Å². The van der Waals surface area contributed by atoms with E-state index in [2.05, 4.69) is 187 Å². The normalized spacial score (nSPS) is 13.4. The van der Waals surface area contributed by atoms with Gasteiger partial charge in [-0.25, -0.2) is 9.97 Å². The lowest BCUT2D eigenvalue weighted by molar-refractivity contribution is 0.443. The van der Waals surface area contributed by atoms with Gasteiger partial charge in [0.1, 0.15) is 11.2 Å². The predicted molar refractivity (Wildman–Crippen MR) is 257 cm³/mol. The lowest BCUT2D eigenvalue weighted by atomic mass is 9.84. The molecule has 0 unspecified atom stereocenters. The van der Waals surface area contributed by atoms with Crippen LogP contribution in [0.1, 0.15) is 43.6 Å². The second-order valence-corrected chi connectivity index (χ2v) is 16.8. The monoisotopic (exact) mass is 797 g/mol. The van der Waals surface area contributed by atoms with Gasteiger partial charge >= 0.3 is 0 Å². The standard InChI is InChI=1S/C58H43N3O/c1-4-14-38(15-5-1)39-26-30-46(31-27-39)61-53-24-11-10-22-48(53)49-35-42(28-32-54(49)61)43-29-33-55-50(36-43)57-47(23-13-25-56(57)62-55)44-20-12-21-45(34-44)58-59-51(40-16-6-2-7-17-40)37-52(60-58)41-18-8-3-9-19-41/h2-3,6-13,16-38H,1,4-5,14-15H2. The summed E-state index contributed by atoms with van der Waals surface area (Å²) >= 11 is 0. The first kappa shape index (κ1) is 36.3. The zero-order valence-electron chi connectivity index (χ0n) is 34.3. The van der Waals surface area contributed by atoms with Gasteiger partial charge in [0.25, 0.3) is 0 Å². The largest absolute Gasteiger partial charge is 0.456 e. The number of hydrogen-bond acceptors (Lipinski definition) is 3. The smallest absolute Gasteiger partial charge is 0.160 e. The Morgan fingerprint density at radius 2 is 1.05 bits per heavy atom. The molecule has 0 N–H and O–H groups in total.